The molecule has 1 aromatic carbocycles. The summed E-state index contributed by atoms with van der Waals surface area (Å²) in [4.78, 5) is 0. The van der Waals surface area contributed by atoms with E-state index in [0.29, 0.717) is 6.54 Å². The van der Waals surface area contributed by atoms with E-state index in [0.717, 1.165) is 5.56 Å². The van der Waals surface area contributed by atoms with Gasteiger partial charge in [-0.25, -0.2) is 12.8 Å². The van der Waals surface area contributed by atoms with E-state index in [4.69, 9.17) is 0 Å². The van der Waals surface area contributed by atoms with E-state index in [-0.39, 0.29) is 23.4 Å². The van der Waals surface area contributed by atoms with Gasteiger partial charge >= 0.3 is 0 Å². The second-order valence-corrected chi connectivity index (χ2v) is 6.44. The van der Waals surface area contributed by atoms with Crippen molar-refractivity contribution >= 4 is 9.84 Å². The Hall–Kier alpha value is -0.940. The summed E-state index contributed by atoms with van der Waals surface area (Å²) >= 11 is 0. The van der Waals surface area contributed by atoms with Gasteiger partial charge in [0.15, 0.2) is 9.84 Å². The van der Waals surface area contributed by atoms with Crippen molar-refractivity contribution in [2.24, 2.45) is 0 Å². The Bertz CT molecular complexity index is 459. The molecule has 0 saturated heterocycles. The van der Waals surface area contributed by atoms with Gasteiger partial charge < -0.3 is 5.32 Å². The van der Waals surface area contributed by atoms with Crippen molar-refractivity contribution in [3.05, 3.63) is 35.6 Å². The minimum atomic E-state index is -2.94. The van der Waals surface area contributed by atoms with Crippen LogP contribution in [0.3, 0.4) is 0 Å². The summed E-state index contributed by atoms with van der Waals surface area (Å²) in [5, 5.41) is 3.07. The number of hydrogen-bond acceptors (Lipinski definition) is 3. The molecule has 5 heteroatoms. The molecule has 0 saturated carbocycles. The first kappa shape index (κ1) is 14.1. The lowest BCUT2D eigenvalue weighted by atomic mass is 10.1. The van der Waals surface area contributed by atoms with Crippen molar-refractivity contribution in [2.45, 2.75) is 19.9 Å². The number of benzene rings is 1. The molecule has 0 heterocycles. The van der Waals surface area contributed by atoms with E-state index >= 15 is 0 Å². The molecule has 1 N–H and O–H groups in total. The third kappa shape index (κ3) is 4.83. The molecule has 0 spiro atoms. The summed E-state index contributed by atoms with van der Waals surface area (Å²) in [5.74, 6) is -0.0102. The van der Waals surface area contributed by atoms with Crippen LogP contribution in [0.4, 0.5) is 4.39 Å². The fourth-order valence-electron chi connectivity index (χ4n) is 1.47. The normalized spacial score (nSPS) is 13.6. The number of rotatable bonds is 6. The standard InChI is InChI=1S/C12H18FNO2S/c1-3-17(15,16)8-7-14-10(2)11-5-4-6-12(13)9-11/h4-6,9-10,14H,3,7-8H2,1-2H3. The Morgan fingerprint density at radius 2 is 2.12 bits per heavy atom. The second kappa shape index (κ2) is 6.12. The molecule has 0 fully saturated rings. The van der Waals surface area contributed by atoms with Crippen LogP contribution in [-0.4, -0.2) is 26.5 Å². The highest BCUT2D eigenvalue weighted by Gasteiger charge is 2.09. The van der Waals surface area contributed by atoms with Gasteiger partial charge in [-0.2, -0.15) is 0 Å². The van der Waals surface area contributed by atoms with Crippen molar-refractivity contribution in [2.75, 3.05) is 18.1 Å². The molecule has 3 nitrogen and oxygen atoms in total. The summed E-state index contributed by atoms with van der Waals surface area (Å²) in [7, 11) is -2.94. The molecule has 0 aliphatic carbocycles. The molecular weight excluding hydrogens is 241 g/mol. The predicted molar refractivity (Wildman–Crippen MR) is 67.1 cm³/mol. The molecule has 1 atom stereocenters. The first-order valence-electron chi connectivity index (χ1n) is 5.64. The topological polar surface area (TPSA) is 46.2 Å². The predicted octanol–water partition coefficient (Wildman–Crippen LogP) is 1.91. The number of halogens is 1. The molecule has 1 rings (SSSR count). The lowest BCUT2D eigenvalue weighted by molar-refractivity contribution is 0.567. The number of sulfone groups is 1. The molecular formula is C12H18FNO2S. The maximum Gasteiger partial charge on any atom is 0.151 e. The van der Waals surface area contributed by atoms with Crippen LogP contribution in [0.15, 0.2) is 24.3 Å². The van der Waals surface area contributed by atoms with E-state index in [1.807, 2.05) is 13.0 Å². The van der Waals surface area contributed by atoms with E-state index in [9.17, 15) is 12.8 Å². The van der Waals surface area contributed by atoms with Crippen molar-refractivity contribution in [3.63, 3.8) is 0 Å². The van der Waals surface area contributed by atoms with Crippen LogP contribution in [0.5, 0.6) is 0 Å². The van der Waals surface area contributed by atoms with Gasteiger partial charge in [0.2, 0.25) is 0 Å². The highest BCUT2D eigenvalue weighted by molar-refractivity contribution is 7.91. The van der Waals surface area contributed by atoms with Crippen LogP contribution in [0.25, 0.3) is 0 Å². The zero-order chi connectivity index (χ0) is 12.9. The lowest BCUT2D eigenvalue weighted by Gasteiger charge is -2.14. The fourth-order valence-corrected chi connectivity index (χ4v) is 2.19. The summed E-state index contributed by atoms with van der Waals surface area (Å²) in [5.41, 5.74) is 0.818. The lowest BCUT2D eigenvalue weighted by Crippen LogP contribution is -2.26. The minimum absolute atomic E-state index is 0.0576. The van der Waals surface area contributed by atoms with E-state index in [2.05, 4.69) is 5.32 Å². The van der Waals surface area contributed by atoms with Gasteiger partial charge in [0, 0.05) is 18.3 Å². The average molecular weight is 259 g/mol. The third-order valence-corrected chi connectivity index (χ3v) is 4.36. The van der Waals surface area contributed by atoms with E-state index in [1.165, 1.54) is 12.1 Å². The largest absolute Gasteiger partial charge is 0.309 e. The van der Waals surface area contributed by atoms with Gasteiger partial charge in [0.1, 0.15) is 5.82 Å². The van der Waals surface area contributed by atoms with Gasteiger partial charge in [-0.3, -0.25) is 0 Å². The van der Waals surface area contributed by atoms with Crippen LogP contribution in [0.1, 0.15) is 25.5 Å². The Kier molecular flexibility index (Phi) is 5.08. The Morgan fingerprint density at radius 1 is 1.41 bits per heavy atom. The third-order valence-electron chi connectivity index (χ3n) is 2.65. The fraction of sp³-hybridized carbons (Fsp3) is 0.500. The van der Waals surface area contributed by atoms with Crippen LogP contribution < -0.4 is 5.32 Å². The number of nitrogens with one attached hydrogen (secondary N) is 1. The van der Waals surface area contributed by atoms with Crippen LogP contribution in [-0.2, 0) is 9.84 Å². The van der Waals surface area contributed by atoms with Crippen molar-refractivity contribution < 1.29 is 12.8 Å². The summed E-state index contributed by atoms with van der Waals surface area (Å²) in [6.07, 6.45) is 0. The van der Waals surface area contributed by atoms with Crippen molar-refractivity contribution in [1.29, 1.82) is 0 Å². The molecule has 0 aliphatic heterocycles. The molecule has 0 radical (unpaired) electrons. The molecule has 0 aromatic heterocycles. The maximum atomic E-state index is 13.0. The van der Waals surface area contributed by atoms with E-state index in [1.54, 1.807) is 13.0 Å². The first-order valence-corrected chi connectivity index (χ1v) is 7.46. The molecule has 1 aromatic rings. The van der Waals surface area contributed by atoms with Crippen LogP contribution in [0.2, 0.25) is 0 Å². The highest BCUT2D eigenvalue weighted by Crippen LogP contribution is 2.12. The Morgan fingerprint density at radius 3 is 2.71 bits per heavy atom. The highest BCUT2D eigenvalue weighted by atomic mass is 32.2. The van der Waals surface area contributed by atoms with Gasteiger partial charge in [-0.15, -0.1) is 0 Å². The summed E-state index contributed by atoms with van der Waals surface area (Å²) < 4.78 is 35.5. The van der Waals surface area contributed by atoms with Crippen molar-refractivity contribution in [3.8, 4) is 0 Å². The molecule has 0 amide bonds. The first-order chi connectivity index (χ1) is 7.94. The van der Waals surface area contributed by atoms with Gasteiger partial charge in [0.25, 0.3) is 0 Å². The monoisotopic (exact) mass is 259 g/mol. The molecule has 0 aliphatic rings. The quantitative estimate of drug-likeness (QED) is 0.849. The molecule has 96 valence electrons. The Balaban J connectivity index is 2.48. The van der Waals surface area contributed by atoms with Gasteiger partial charge in [-0.1, -0.05) is 19.1 Å². The summed E-state index contributed by atoms with van der Waals surface area (Å²) in [6, 6.07) is 6.24. The molecule has 0 bridgehead atoms. The zero-order valence-corrected chi connectivity index (χ0v) is 10.9. The van der Waals surface area contributed by atoms with E-state index < -0.39 is 9.84 Å². The second-order valence-electron chi connectivity index (χ2n) is 3.97. The molecule has 17 heavy (non-hydrogen) atoms. The minimum Gasteiger partial charge on any atom is -0.309 e. The van der Waals surface area contributed by atoms with Gasteiger partial charge in [0.05, 0.1) is 5.75 Å². The maximum absolute atomic E-state index is 13.0. The van der Waals surface area contributed by atoms with Crippen LogP contribution in [0, 0.1) is 5.82 Å². The average Bonchev–Trinajstić information content (AvgIpc) is 2.28. The zero-order valence-electron chi connectivity index (χ0n) is 10.1. The van der Waals surface area contributed by atoms with Gasteiger partial charge in [-0.05, 0) is 24.6 Å². The molecule has 1 unspecified atom stereocenters. The van der Waals surface area contributed by atoms with Crippen molar-refractivity contribution in [1.82, 2.24) is 5.32 Å². The SMILES string of the molecule is CCS(=O)(=O)CCNC(C)c1cccc(F)c1. The van der Waals surface area contributed by atoms with Crippen LogP contribution >= 0.6 is 0 Å². The number of hydrogen-bond donors (Lipinski definition) is 1. The Labute approximate surface area is 102 Å². The summed E-state index contributed by atoms with van der Waals surface area (Å²) in [6.45, 7) is 3.90. The smallest absolute Gasteiger partial charge is 0.151 e.